The Balaban J connectivity index is 2.47. The standard InChI is InChI=1S/C15H10INO3/c1-17-8-7-10-12(18)11(16)13(20-14(10)15(17)19)9-5-3-2-4-6-9/h2-8H,1H3. The van der Waals surface area contributed by atoms with Gasteiger partial charge in [0.15, 0.2) is 5.76 Å². The molecule has 0 fully saturated rings. The highest BCUT2D eigenvalue weighted by Crippen LogP contribution is 2.25. The third-order valence-corrected chi connectivity index (χ3v) is 4.09. The zero-order valence-electron chi connectivity index (χ0n) is 10.6. The summed E-state index contributed by atoms with van der Waals surface area (Å²) in [4.78, 5) is 24.5. The molecule has 0 bridgehead atoms. The van der Waals surface area contributed by atoms with E-state index in [2.05, 4.69) is 0 Å². The van der Waals surface area contributed by atoms with Crippen LogP contribution in [0.25, 0.3) is 22.3 Å². The maximum absolute atomic E-state index is 12.4. The Morgan fingerprint density at radius 1 is 1.10 bits per heavy atom. The number of fused-ring (bicyclic) bond motifs is 1. The number of nitrogens with zero attached hydrogens (tertiary/aromatic N) is 1. The van der Waals surface area contributed by atoms with Gasteiger partial charge in [0, 0.05) is 18.8 Å². The molecule has 2 aromatic heterocycles. The van der Waals surface area contributed by atoms with Gasteiger partial charge in [0.2, 0.25) is 11.0 Å². The van der Waals surface area contributed by atoms with Crippen LogP contribution in [0.15, 0.2) is 56.6 Å². The first-order valence-electron chi connectivity index (χ1n) is 5.97. The molecule has 3 aromatic rings. The van der Waals surface area contributed by atoms with Crippen LogP contribution in [0, 0.1) is 3.57 Å². The molecule has 0 amide bonds. The lowest BCUT2D eigenvalue weighted by Crippen LogP contribution is -2.19. The maximum Gasteiger partial charge on any atom is 0.294 e. The SMILES string of the molecule is Cn1ccc2c(=O)c(I)c(-c3ccccc3)oc2c1=O. The summed E-state index contributed by atoms with van der Waals surface area (Å²) in [6.07, 6.45) is 1.57. The van der Waals surface area contributed by atoms with Crippen LogP contribution >= 0.6 is 22.6 Å². The molecule has 0 radical (unpaired) electrons. The van der Waals surface area contributed by atoms with Gasteiger partial charge in [0.25, 0.3) is 5.56 Å². The highest BCUT2D eigenvalue weighted by atomic mass is 127. The molecule has 5 heteroatoms. The number of rotatable bonds is 1. The van der Waals surface area contributed by atoms with E-state index in [0.717, 1.165) is 5.56 Å². The second-order valence-electron chi connectivity index (χ2n) is 4.41. The molecular weight excluding hydrogens is 369 g/mol. The predicted molar refractivity (Wildman–Crippen MR) is 85.9 cm³/mol. The quantitative estimate of drug-likeness (QED) is 0.611. The molecule has 1 aromatic carbocycles. The van der Waals surface area contributed by atoms with E-state index < -0.39 is 0 Å². The zero-order valence-corrected chi connectivity index (χ0v) is 12.7. The molecule has 0 aliphatic heterocycles. The van der Waals surface area contributed by atoms with E-state index in [4.69, 9.17) is 4.42 Å². The number of halogens is 1. The van der Waals surface area contributed by atoms with Crippen LogP contribution in [0.4, 0.5) is 0 Å². The number of hydrogen-bond acceptors (Lipinski definition) is 3. The summed E-state index contributed by atoms with van der Waals surface area (Å²) in [6.45, 7) is 0. The molecule has 0 aliphatic carbocycles. The molecule has 0 saturated heterocycles. The first-order valence-corrected chi connectivity index (χ1v) is 7.05. The van der Waals surface area contributed by atoms with Crippen LogP contribution in [0.1, 0.15) is 0 Å². The van der Waals surface area contributed by atoms with E-state index in [1.165, 1.54) is 4.57 Å². The van der Waals surface area contributed by atoms with E-state index in [1.807, 2.05) is 52.9 Å². The van der Waals surface area contributed by atoms with Crippen molar-refractivity contribution in [1.82, 2.24) is 4.57 Å². The fourth-order valence-corrected chi connectivity index (χ4v) is 2.74. The van der Waals surface area contributed by atoms with Crippen LogP contribution in [0.5, 0.6) is 0 Å². The fraction of sp³-hybridized carbons (Fsp3) is 0.0667. The van der Waals surface area contributed by atoms with Crippen molar-refractivity contribution in [3.05, 3.63) is 66.7 Å². The van der Waals surface area contributed by atoms with Gasteiger partial charge < -0.3 is 8.98 Å². The Morgan fingerprint density at radius 2 is 1.80 bits per heavy atom. The highest BCUT2D eigenvalue weighted by Gasteiger charge is 2.15. The Hall–Kier alpha value is -1.89. The molecule has 0 aliphatic rings. The van der Waals surface area contributed by atoms with Crippen molar-refractivity contribution in [1.29, 1.82) is 0 Å². The van der Waals surface area contributed by atoms with Gasteiger partial charge in [-0.2, -0.15) is 0 Å². The van der Waals surface area contributed by atoms with Gasteiger partial charge in [-0.15, -0.1) is 0 Å². The monoisotopic (exact) mass is 379 g/mol. The summed E-state index contributed by atoms with van der Waals surface area (Å²) < 4.78 is 7.61. The molecule has 0 unspecified atom stereocenters. The number of aryl methyl sites for hydroxylation is 1. The second kappa shape index (κ2) is 4.90. The predicted octanol–water partition coefficient (Wildman–Crippen LogP) is 2.76. The molecular formula is C15H10INO3. The fourth-order valence-electron chi connectivity index (χ4n) is 2.03. The smallest absolute Gasteiger partial charge is 0.294 e. The Labute approximate surface area is 127 Å². The van der Waals surface area contributed by atoms with Crippen LogP contribution in [0.2, 0.25) is 0 Å². The largest absolute Gasteiger partial charge is 0.449 e. The van der Waals surface area contributed by atoms with Crippen LogP contribution in [-0.2, 0) is 7.05 Å². The lowest BCUT2D eigenvalue weighted by molar-refractivity contribution is 0.603. The zero-order chi connectivity index (χ0) is 14.3. The van der Waals surface area contributed by atoms with Gasteiger partial charge in [-0.05, 0) is 28.7 Å². The minimum absolute atomic E-state index is 0.0965. The normalized spacial score (nSPS) is 10.9. The van der Waals surface area contributed by atoms with E-state index in [1.54, 1.807) is 19.3 Å². The summed E-state index contributed by atoms with van der Waals surface area (Å²) in [5, 5.41) is 0.317. The Kier molecular flexibility index (Phi) is 3.21. The van der Waals surface area contributed by atoms with Gasteiger partial charge in [0.05, 0.1) is 5.39 Å². The van der Waals surface area contributed by atoms with Crippen molar-refractivity contribution >= 4 is 33.6 Å². The third kappa shape index (κ3) is 1.98. The van der Waals surface area contributed by atoms with E-state index in [9.17, 15) is 9.59 Å². The maximum atomic E-state index is 12.4. The van der Waals surface area contributed by atoms with Gasteiger partial charge in [0.1, 0.15) is 3.57 Å². The molecule has 100 valence electrons. The summed E-state index contributed by atoms with van der Waals surface area (Å²) in [5.74, 6) is 0.437. The van der Waals surface area contributed by atoms with Crippen molar-refractivity contribution in [2.24, 2.45) is 7.05 Å². The minimum Gasteiger partial charge on any atom is -0.449 e. The molecule has 0 atom stereocenters. The van der Waals surface area contributed by atoms with Crippen molar-refractivity contribution in [2.75, 3.05) is 0 Å². The van der Waals surface area contributed by atoms with Gasteiger partial charge >= 0.3 is 0 Å². The van der Waals surface area contributed by atoms with Crippen molar-refractivity contribution in [2.45, 2.75) is 0 Å². The number of hydrogen-bond donors (Lipinski definition) is 0. The molecule has 0 saturated carbocycles. The van der Waals surface area contributed by atoms with Crippen molar-refractivity contribution in [3.63, 3.8) is 0 Å². The first-order chi connectivity index (χ1) is 9.59. The summed E-state index contributed by atoms with van der Waals surface area (Å²) >= 11 is 1.96. The van der Waals surface area contributed by atoms with Gasteiger partial charge in [-0.25, -0.2) is 0 Å². The molecule has 3 rings (SSSR count). The van der Waals surface area contributed by atoms with E-state index in [0.29, 0.717) is 14.7 Å². The van der Waals surface area contributed by atoms with E-state index in [-0.39, 0.29) is 16.6 Å². The topological polar surface area (TPSA) is 52.2 Å². The van der Waals surface area contributed by atoms with Crippen molar-refractivity contribution < 1.29 is 4.42 Å². The van der Waals surface area contributed by atoms with E-state index >= 15 is 0 Å². The van der Waals surface area contributed by atoms with Gasteiger partial charge in [-0.3, -0.25) is 9.59 Å². The Bertz CT molecular complexity index is 910. The van der Waals surface area contributed by atoms with Crippen LogP contribution in [0.3, 0.4) is 0 Å². The highest BCUT2D eigenvalue weighted by molar-refractivity contribution is 14.1. The second-order valence-corrected chi connectivity index (χ2v) is 5.49. The lowest BCUT2D eigenvalue weighted by Gasteiger charge is -2.06. The summed E-state index contributed by atoms with van der Waals surface area (Å²) in [7, 11) is 1.63. The summed E-state index contributed by atoms with van der Waals surface area (Å²) in [6, 6.07) is 10.9. The molecule has 20 heavy (non-hydrogen) atoms. The number of aromatic nitrogens is 1. The minimum atomic E-state index is -0.312. The molecule has 2 heterocycles. The third-order valence-electron chi connectivity index (χ3n) is 3.11. The lowest BCUT2D eigenvalue weighted by atomic mass is 10.1. The summed E-state index contributed by atoms with van der Waals surface area (Å²) in [5.41, 5.74) is 0.387. The van der Waals surface area contributed by atoms with Crippen LogP contribution < -0.4 is 11.0 Å². The number of benzene rings is 1. The van der Waals surface area contributed by atoms with Crippen molar-refractivity contribution in [3.8, 4) is 11.3 Å². The first kappa shape index (κ1) is 13.1. The van der Waals surface area contributed by atoms with Crippen LogP contribution in [-0.4, -0.2) is 4.57 Å². The Morgan fingerprint density at radius 3 is 2.50 bits per heavy atom. The molecule has 0 spiro atoms. The average Bonchev–Trinajstić information content (AvgIpc) is 2.47. The molecule has 4 nitrogen and oxygen atoms in total. The number of pyridine rings is 1. The average molecular weight is 379 g/mol. The van der Waals surface area contributed by atoms with Gasteiger partial charge in [-0.1, -0.05) is 30.3 Å². The molecule has 0 N–H and O–H groups in total.